The van der Waals surface area contributed by atoms with E-state index in [9.17, 15) is 9.36 Å². The van der Waals surface area contributed by atoms with Crippen molar-refractivity contribution in [1.82, 2.24) is 9.39 Å². The SMILES string of the molecule is CCOP(=O)(OCC)N(C)SSC(=N)COC(=O)NC. The Morgan fingerprint density at radius 1 is 1.35 bits per heavy atom. The number of rotatable bonds is 9. The molecule has 0 bridgehead atoms. The van der Waals surface area contributed by atoms with Gasteiger partial charge in [0.05, 0.1) is 13.2 Å². The zero-order valence-corrected chi connectivity index (χ0v) is 14.4. The molecule has 0 aromatic heterocycles. The summed E-state index contributed by atoms with van der Waals surface area (Å²) in [6, 6.07) is 0. The van der Waals surface area contributed by atoms with Gasteiger partial charge >= 0.3 is 13.8 Å². The fraction of sp³-hybridized carbons (Fsp3) is 0.778. The lowest BCUT2D eigenvalue weighted by Crippen LogP contribution is -2.21. The molecule has 0 aliphatic carbocycles. The molecule has 0 aliphatic rings. The van der Waals surface area contributed by atoms with Crippen LogP contribution in [-0.4, -0.2) is 49.1 Å². The van der Waals surface area contributed by atoms with Crippen molar-refractivity contribution in [2.24, 2.45) is 0 Å². The van der Waals surface area contributed by atoms with Crippen molar-refractivity contribution in [1.29, 1.82) is 5.41 Å². The third kappa shape index (κ3) is 7.51. The molecule has 8 nitrogen and oxygen atoms in total. The summed E-state index contributed by atoms with van der Waals surface area (Å²) in [6.07, 6.45) is -0.608. The first-order chi connectivity index (χ1) is 9.39. The second kappa shape index (κ2) is 10.5. The molecule has 0 atom stereocenters. The van der Waals surface area contributed by atoms with Gasteiger partial charge in [0.15, 0.2) is 0 Å². The van der Waals surface area contributed by atoms with E-state index in [1.54, 1.807) is 20.9 Å². The van der Waals surface area contributed by atoms with E-state index < -0.39 is 13.8 Å². The molecular formula is C9H20N3O5PS2. The minimum atomic E-state index is -3.35. The quantitative estimate of drug-likeness (QED) is 0.216. The fourth-order valence-electron chi connectivity index (χ4n) is 0.893. The van der Waals surface area contributed by atoms with Gasteiger partial charge in [-0.05, 0) is 24.6 Å². The molecule has 20 heavy (non-hydrogen) atoms. The second-order valence-corrected chi connectivity index (χ2v) is 7.80. The number of hydrogen-bond acceptors (Lipinski definition) is 8. The van der Waals surface area contributed by atoms with Crippen LogP contribution in [0.25, 0.3) is 0 Å². The Morgan fingerprint density at radius 3 is 2.35 bits per heavy atom. The molecule has 11 heteroatoms. The van der Waals surface area contributed by atoms with Crippen LogP contribution in [-0.2, 0) is 18.3 Å². The Balaban J connectivity index is 4.24. The molecule has 1 amide bonds. The maximum atomic E-state index is 12.3. The van der Waals surface area contributed by atoms with Gasteiger partial charge in [0, 0.05) is 25.1 Å². The molecule has 0 fully saturated rings. The van der Waals surface area contributed by atoms with Crippen molar-refractivity contribution in [3.05, 3.63) is 0 Å². The predicted octanol–water partition coefficient (Wildman–Crippen LogP) is 2.73. The van der Waals surface area contributed by atoms with E-state index in [1.807, 2.05) is 0 Å². The van der Waals surface area contributed by atoms with Crippen molar-refractivity contribution >= 4 is 40.7 Å². The number of amides is 1. The van der Waals surface area contributed by atoms with Crippen molar-refractivity contribution in [2.45, 2.75) is 13.8 Å². The van der Waals surface area contributed by atoms with Crippen LogP contribution in [0.1, 0.15) is 13.8 Å². The fourth-order valence-corrected chi connectivity index (χ4v) is 4.63. The zero-order valence-electron chi connectivity index (χ0n) is 11.9. The first-order valence-electron chi connectivity index (χ1n) is 5.79. The average Bonchev–Trinajstić information content (AvgIpc) is 2.42. The maximum absolute atomic E-state index is 12.3. The molecule has 0 aliphatic heterocycles. The van der Waals surface area contributed by atoms with Crippen LogP contribution in [0.3, 0.4) is 0 Å². The summed E-state index contributed by atoms with van der Waals surface area (Å²) in [4.78, 5) is 10.8. The summed E-state index contributed by atoms with van der Waals surface area (Å²) in [5.74, 6) is 0. The molecule has 0 aromatic rings. The van der Waals surface area contributed by atoms with Gasteiger partial charge in [-0.1, -0.05) is 0 Å². The predicted molar refractivity (Wildman–Crippen MR) is 81.9 cm³/mol. The van der Waals surface area contributed by atoms with Crippen LogP contribution in [0.4, 0.5) is 4.79 Å². The van der Waals surface area contributed by atoms with Crippen LogP contribution in [0.2, 0.25) is 0 Å². The molecule has 0 saturated carbocycles. The van der Waals surface area contributed by atoms with Crippen molar-refractivity contribution in [3.8, 4) is 0 Å². The van der Waals surface area contributed by atoms with Gasteiger partial charge in [-0.2, -0.15) is 0 Å². The molecule has 0 unspecified atom stereocenters. The van der Waals surface area contributed by atoms with Gasteiger partial charge in [0.25, 0.3) is 0 Å². The highest BCUT2D eigenvalue weighted by Crippen LogP contribution is 2.56. The minimum absolute atomic E-state index is 0.102. The Hall–Kier alpha value is -0.250. The molecule has 0 heterocycles. The lowest BCUT2D eigenvalue weighted by Gasteiger charge is -2.24. The van der Waals surface area contributed by atoms with E-state index in [4.69, 9.17) is 19.2 Å². The molecule has 0 radical (unpaired) electrons. The minimum Gasteiger partial charge on any atom is -0.442 e. The molecule has 0 aromatic carbocycles. The Labute approximate surface area is 126 Å². The van der Waals surface area contributed by atoms with Crippen molar-refractivity contribution < 1.29 is 23.1 Å². The van der Waals surface area contributed by atoms with Gasteiger partial charge in [-0.3, -0.25) is 14.5 Å². The monoisotopic (exact) mass is 345 g/mol. The maximum Gasteiger partial charge on any atom is 0.418 e. The Kier molecular flexibility index (Phi) is 10.3. The number of carbonyl (C=O) groups excluding carboxylic acids is 1. The second-order valence-electron chi connectivity index (χ2n) is 3.18. The van der Waals surface area contributed by atoms with Gasteiger partial charge in [-0.15, -0.1) is 4.08 Å². The van der Waals surface area contributed by atoms with Crippen molar-refractivity contribution in [3.63, 3.8) is 0 Å². The lowest BCUT2D eigenvalue weighted by atomic mass is 10.8. The molecular weight excluding hydrogens is 325 g/mol. The Bertz CT molecular complexity index is 361. The lowest BCUT2D eigenvalue weighted by molar-refractivity contribution is 0.164. The number of nitrogens with one attached hydrogen (secondary N) is 2. The van der Waals surface area contributed by atoms with Gasteiger partial charge in [0.2, 0.25) is 0 Å². The van der Waals surface area contributed by atoms with Gasteiger partial charge in [-0.25, -0.2) is 9.36 Å². The molecule has 2 N–H and O–H groups in total. The Morgan fingerprint density at radius 2 is 1.90 bits per heavy atom. The normalized spacial score (nSPS) is 11.4. The van der Waals surface area contributed by atoms with Crippen LogP contribution in [0, 0.1) is 5.41 Å². The van der Waals surface area contributed by atoms with E-state index in [0.29, 0.717) is 0 Å². The molecule has 118 valence electrons. The summed E-state index contributed by atoms with van der Waals surface area (Å²) in [5, 5.41) is 9.97. The van der Waals surface area contributed by atoms with E-state index in [2.05, 4.69) is 5.32 Å². The van der Waals surface area contributed by atoms with Crippen LogP contribution < -0.4 is 5.32 Å². The number of hydrogen-bond donors (Lipinski definition) is 2. The highest BCUT2D eigenvalue weighted by atomic mass is 33.1. The number of alkyl carbamates (subject to hydrolysis) is 1. The average molecular weight is 345 g/mol. The first-order valence-corrected chi connectivity index (χ1v) is 9.39. The summed E-state index contributed by atoms with van der Waals surface area (Å²) in [6.45, 7) is 3.79. The van der Waals surface area contributed by atoms with Crippen LogP contribution >= 0.6 is 29.5 Å². The first kappa shape index (κ1) is 19.8. The van der Waals surface area contributed by atoms with Gasteiger partial charge in [0.1, 0.15) is 11.7 Å². The van der Waals surface area contributed by atoms with Crippen molar-refractivity contribution in [2.75, 3.05) is 33.9 Å². The number of ether oxygens (including phenoxy) is 1. The number of nitrogens with zero attached hydrogens (tertiary/aromatic N) is 1. The topological polar surface area (TPSA) is 101 Å². The van der Waals surface area contributed by atoms with E-state index >= 15 is 0 Å². The third-order valence-electron chi connectivity index (χ3n) is 1.71. The molecule has 0 saturated heterocycles. The highest BCUT2D eigenvalue weighted by molar-refractivity contribution is 8.81. The summed E-state index contributed by atoms with van der Waals surface area (Å²) in [5.41, 5.74) is 0. The molecule has 0 spiro atoms. The standard InChI is InChI=1S/C9H20N3O5PS2/c1-5-16-18(14,17-6-2)12(4)20-19-8(10)7-15-9(13)11-3/h10H,5-7H2,1-4H3,(H,11,13). The highest BCUT2D eigenvalue weighted by Gasteiger charge is 2.31. The zero-order chi connectivity index (χ0) is 15.6. The van der Waals surface area contributed by atoms with E-state index in [0.717, 1.165) is 21.8 Å². The third-order valence-corrected chi connectivity index (χ3v) is 6.86. The molecule has 0 rings (SSSR count). The summed E-state index contributed by atoms with van der Waals surface area (Å²) in [7, 11) is 1.67. The smallest absolute Gasteiger partial charge is 0.418 e. The van der Waals surface area contributed by atoms with Crippen LogP contribution in [0.5, 0.6) is 0 Å². The van der Waals surface area contributed by atoms with Gasteiger partial charge < -0.3 is 10.1 Å². The summed E-state index contributed by atoms with van der Waals surface area (Å²) < 4.78 is 28.6. The van der Waals surface area contributed by atoms with Crippen LogP contribution in [0.15, 0.2) is 0 Å². The van der Waals surface area contributed by atoms with E-state index in [-0.39, 0.29) is 24.9 Å². The summed E-state index contributed by atoms with van der Waals surface area (Å²) >= 11 is 0. The van der Waals surface area contributed by atoms with E-state index in [1.165, 1.54) is 11.1 Å². The number of carbonyl (C=O) groups is 1. The largest absolute Gasteiger partial charge is 0.442 e.